The third-order valence-corrected chi connectivity index (χ3v) is 6.11. The van der Waals surface area contributed by atoms with Crippen molar-refractivity contribution in [3.05, 3.63) is 66.5 Å². The molecule has 0 bridgehead atoms. The summed E-state index contributed by atoms with van der Waals surface area (Å²) in [6.45, 7) is 5.05. The zero-order chi connectivity index (χ0) is 22.1. The third kappa shape index (κ3) is 4.08. The predicted octanol–water partition coefficient (Wildman–Crippen LogP) is 2.72. The van der Waals surface area contributed by atoms with Gasteiger partial charge in [-0.3, -0.25) is 14.5 Å². The number of hydrogen-bond donors (Lipinski definition) is 0. The van der Waals surface area contributed by atoms with Crippen LogP contribution < -0.4 is 4.90 Å². The quantitative estimate of drug-likeness (QED) is 0.488. The maximum absolute atomic E-state index is 12.7. The lowest BCUT2D eigenvalue weighted by molar-refractivity contribution is -0.131. The molecule has 0 atom stereocenters. The summed E-state index contributed by atoms with van der Waals surface area (Å²) in [5, 5.41) is 8.82. The minimum Gasteiger partial charge on any atom is -0.365 e. The van der Waals surface area contributed by atoms with Crippen molar-refractivity contribution in [3.8, 4) is 11.1 Å². The molecule has 0 aromatic carbocycles. The Morgan fingerprint density at radius 3 is 2.50 bits per heavy atom. The Hall–Kier alpha value is -3.68. The van der Waals surface area contributed by atoms with Crippen LogP contribution in [0.4, 0.5) is 5.69 Å². The number of aromatic nitrogens is 5. The first-order valence-corrected chi connectivity index (χ1v) is 11.0. The number of rotatable bonds is 5. The van der Waals surface area contributed by atoms with E-state index in [9.17, 15) is 4.79 Å². The molecular formula is C24H27N7O. The Bertz CT molecular complexity index is 1230. The maximum Gasteiger partial charge on any atom is 0.223 e. The second kappa shape index (κ2) is 8.45. The number of piperazine rings is 1. The van der Waals surface area contributed by atoms with Crippen LogP contribution in [0.15, 0.2) is 55.2 Å². The standard InChI is InChI=1S/C24H27N7O/c1-18-3-4-19(13-25-18)5-8-24(32)30-11-9-29(10-12-30)23-15-27-31-17-20(6-7-22(23)31)21-14-26-28(2)16-21/h3-4,6-7,13-17H,5,8-12H2,1-2H3. The number of fused-ring (bicyclic) bond motifs is 1. The van der Waals surface area contributed by atoms with Crippen LogP contribution in [-0.2, 0) is 18.3 Å². The lowest BCUT2D eigenvalue weighted by atomic mass is 10.1. The van der Waals surface area contributed by atoms with E-state index in [2.05, 4.69) is 38.3 Å². The molecule has 4 aromatic rings. The van der Waals surface area contributed by atoms with Gasteiger partial charge in [0.15, 0.2) is 0 Å². The van der Waals surface area contributed by atoms with Gasteiger partial charge in [-0.05, 0) is 31.0 Å². The van der Waals surface area contributed by atoms with Gasteiger partial charge in [0.25, 0.3) is 0 Å². The van der Waals surface area contributed by atoms with E-state index in [1.54, 1.807) is 4.68 Å². The summed E-state index contributed by atoms with van der Waals surface area (Å²) >= 11 is 0. The van der Waals surface area contributed by atoms with Gasteiger partial charge in [0.05, 0.1) is 23.6 Å². The molecule has 32 heavy (non-hydrogen) atoms. The van der Waals surface area contributed by atoms with Gasteiger partial charge in [0.2, 0.25) is 5.91 Å². The van der Waals surface area contributed by atoms with Crippen LogP contribution in [0, 0.1) is 6.92 Å². The van der Waals surface area contributed by atoms with Crippen LogP contribution >= 0.6 is 0 Å². The lowest BCUT2D eigenvalue weighted by Crippen LogP contribution is -2.48. The van der Waals surface area contributed by atoms with E-state index < -0.39 is 0 Å². The van der Waals surface area contributed by atoms with Crippen LogP contribution in [0.3, 0.4) is 0 Å². The van der Waals surface area contributed by atoms with Crippen LogP contribution in [0.25, 0.3) is 16.6 Å². The molecule has 0 radical (unpaired) electrons. The molecule has 1 amide bonds. The van der Waals surface area contributed by atoms with E-state index in [0.29, 0.717) is 6.42 Å². The second-order valence-corrected chi connectivity index (χ2v) is 8.36. The highest BCUT2D eigenvalue weighted by Gasteiger charge is 2.23. The minimum atomic E-state index is 0.214. The van der Waals surface area contributed by atoms with E-state index in [1.807, 2.05) is 60.4 Å². The highest BCUT2D eigenvalue weighted by molar-refractivity contribution is 5.78. The number of hydrogen-bond acceptors (Lipinski definition) is 5. The zero-order valence-corrected chi connectivity index (χ0v) is 18.5. The highest BCUT2D eigenvalue weighted by atomic mass is 16.2. The van der Waals surface area contributed by atoms with E-state index in [0.717, 1.165) is 66.2 Å². The maximum atomic E-state index is 12.7. The smallest absolute Gasteiger partial charge is 0.223 e. The Balaban J connectivity index is 1.21. The van der Waals surface area contributed by atoms with Crippen molar-refractivity contribution in [2.75, 3.05) is 31.1 Å². The molecule has 1 saturated heterocycles. The largest absolute Gasteiger partial charge is 0.365 e. The Labute approximate surface area is 187 Å². The fourth-order valence-electron chi connectivity index (χ4n) is 4.21. The van der Waals surface area contributed by atoms with Crippen molar-refractivity contribution in [1.29, 1.82) is 0 Å². The fraction of sp³-hybridized carbons (Fsp3) is 0.333. The molecule has 1 aliphatic heterocycles. The summed E-state index contributed by atoms with van der Waals surface area (Å²) in [5.74, 6) is 0.214. The van der Waals surface area contributed by atoms with Gasteiger partial charge in [0.1, 0.15) is 0 Å². The number of pyridine rings is 2. The summed E-state index contributed by atoms with van der Waals surface area (Å²) in [6, 6.07) is 8.27. The molecule has 8 nitrogen and oxygen atoms in total. The first kappa shape index (κ1) is 20.2. The van der Waals surface area contributed by atoms with E-state index in [4.69, 9.17) is 0 Å². The molecule has 164 valence electrons. The Morgan fingerprint density at radius 2 is 1.78 bits per heavy atom. The van der Waals surface area contributed by atoms with E-state index in [1.165, 1.54) is 0 Å². The van der Waals surface area contributed by atoms with Gasteiger partial charge < -0.3 is 9.80 Å². The minimum absolute atomic E-state index is 0.214. The molecule has 0 N–H and O–H groups in total. The predicted molar refractivity (Wildman–Crippen MR) is 123 cm³/mol. The number of nitrogens with zero attached hydrogens (tertiary/aromatic N) is 7. The van der Waals surface area contributed by atoms with Gasteiger partial charge in [-0.2, -0.15) is 10.2 Å². The second-order valence-electron chi connectivity index (χ2n) is 8.36. The van der Waals surface area contributed by atoms with Gasteiger partial charge in [-0.15, -0.1) is 0 Å². The summed E-state index contributed by atoms with van der Waals surface area (Å²) in [4.78, 5) is 21.3. The number of carbonyl (C=O) groups is 1. The first-order chi connectivity index (χ1) is 15.6. The van der Waals surface area contributed by atoms with Crippen molar-refractivity contribution in [3.63, 3.8) is 0 Å². The number of aryl methyl sites for hydroxylation is 3. The summed E-state index contributed by atoms with van der Waals surface area (Å²) < 4.78 is 3.72. The Kier molecular flexibility index (Phi) is 5.34. The van der Waals surface area contributed by atoms with Gasteiger partial charge in [0, 0.05) is 75.1 Å². The number of anilines is 1. The molecule has 0 saturated carbocycles. The number of carbonyl (C=O) groups excluding carboxylic acids is 1. The van der Waals surface area contributed by atoms with Gasteiger partial charge in [-0.25, -0.2) is 4.52 Å². The lowest BCUT2D eigenvalue weighted by Gasteiger charge is -2.35. The molecule has 0 aliphatic carbocycles. The molecule has 0 unspecified atom stereocenters. The van der Waals surface area contributed by atoms with Crippen LogP contribution in [0.5, 0.6) is 0 Å². The zero-order valence-electron chi connectivity index (χ0n) is 18.5. The molecule has 1 aliphatic rings. The van der Waals surface area contributed by atoms with Crippen molar-refractivity contribution in [1.82, 2.24) is 29.3 Å². The summed E-state index contributed by atoms with van der Waals surface area (Å²) in [6.07, 6.45) is 10.9. The summed E-state index contributed by atoms with van der Waals surface area (Å²) in [7, 11) is 1.91. The molecule has 1 fully saturated rings. The summed E-state index contributed by atoms with van der Waals surface area (Å²) in [5.41, 5.74) is 6.45. The van der Waals surface area contributed by atoms with Crippen molar-refractivity contribution in [2.24, 2.45) is 7.05 Å². The fourth-order valence-corrected chi connectivity index (χ4v) is 4.21. The molecule has 5 rings (SSSR count). The van der Waals surface area contributed by atoms with Crippen LogP contribution in [0.1, 0.15) is 17.7 Å². The van der Waals surface area contributed by atoms with E-state index in [-0.39, 0.29) is 5.91 Å². The van der Waals surface area contributed by atoms with Crippen molar-refractivity contribution in [2.45, 2.75) is 19.8 Å². The van der Waals surface area contributed by atoms with Crippen molar-refractivity contribution >= 4 is 17.1 Å². The average Bonchev–Trinajstić information content (AvgIpc) is 3.44. The SMILES string of the molecule is Cc1ccc(CCC(=O)N2CCN(c3cnn4cc(-c5cnn(C)c5)ccc34)CC2)cn1. The third-order valence-electron chi connectivity index (χ3n) is 6.11. The van der Waals surface area contributed by atoms with E-state index >= 15 is 0 Å². The molecule has 8 heteroatoms. The first-order valence-electron chi connectivity index (χ1n) is 11.0. The van der Waals surface area contributed by atoms with Crippen LogP contribution in [-0.4, -0.2) is 61.4 Å². The normalized spacial score (nSPS) is 14.3. The Morgan fingerprint density at radius 1 is 0.938 bits per heavy atom. The average molecular weight is 430 g/mol. The van der Waals surface area contributed by atoms with Crippen molar-refractivity contribution < 1.29 is 4.79 Å². The molecule has 4 aromatic heterocycles. The van der Waals surface area contributed by atoms with Gasteiger partial charge in [-0.1, -0.05) is 12.1 Å². The monoisotopic (exact) mass is 429 g/mol. The van der Waals surface area contributed by atoms with Crippen LogP contribution in [0.2, 0.25) is 0 Å². The highest BCUT2D eigenvalue weighted by Crippen LogP contribution is 2.26. The topological polar surface area (TPSA) is 71.6 Å². The molecule has 0 spiro atoms. The van der Waals surface area contributed by atoms with Gasteiger partial charge >= 0.3 is 0 Å². The number of amides is 1. The molecular weight excluding hydrogens is 402 g/mol. The molecule has 5 heterocycles.